The van der Waals surface area contributed by atoms with Gasteiger partial charge < -0.3 is 9.80 Å². The first-order chi connectivity index (χ1) is 13.2. The third-order valence-electron chi connectivity index (χ3n) is 6.38. The van der Waals surface area contributed by atoms with E-state index >= 15 is 0 Å². The lowest BCUT2D eigenvalue weighted by Gasteiger charge is -2.35. The average Bonchev–Trinajstić information content (AvgIpc) is 3.15. The minimum Gasteiger partial charge on any atom is -0.335 e. The van der Waals surface area contributed by atoms with Gasteiger partial charge in [0.05, 0.1) is 35.9 Å². The number of nitrogens with zero attached hydrogens (tertiary/aromatic N) is 3. The Balaban J connectivity index is 1.65. The van der Waals surface area contributed by atoms with E-state index in [1.54, 1.807) is 0 Å². The summed E-state index contributed by atoms with van der Waals surface area (Å²) in [6, 6.07) is 0.336. The van der Waals surface area contributed by atoms with Crippen LogP contribution >= 0.6 is 0 Å². The zero-order valence-electron chi connectivity index (χ0n) is 17.7. The Morgan fingerprint density at radius 1 is 1.25 bits per heavy atom. The van der Waals surface area contributed by atoms with Gasteiger partial charge in [-0.05, 0) is 46.0 Å². The molecule has 2 aliphatic rings. The summed E-state index contributed by atoms with van der Waals surface area (Å²) in [6.07, 6.45) is 5.12. The number of amides is 1. The first kappa shape index (κ1) is 21.3. The van der Waals surface area contributed by atoms with Gasteiger partial charge in [-0.3, -0.25) is 9.48 Å². The van der Waals surface area contributed by atoms with Crippen molar-refractivity contribution in [2.24, 2.45) is 0 Å². The number of likely N-dealkylation sites (N-methyl/N-ethyl adjacent to an activating group) is 1. The molecular formula is C20H35N4O3S+. The Labute approximate surface area is 169 Å². The van der Waals surface area contributed by atoms with Crippen LogP contribution in [0.4, 0.5) is 0 Å². The van der Waals surface area contributed by atoms with Crippen molar-refractivity contribution in [3.8, 4) is 0 Å². The predicted octanol–water partition coefficient (Wildman–Crippen LogP) is 0.665. The summed E-state index contributed by atoms with van der Waals surface area (Å²) in [6.45, 7) is 8.27. The number of quaternary nitrogens is 1. The Morgan fingerprint density at radius 3 is 2.64 bits per heavy atom. The number of nitrogens with one attached hydrogen (secondary N) is 1. The van der Waals surface area contributed by atoms with Crippen LogP contribution in [0.1, 0.15) is 62.0 Å². The number of piperidine rings is 1. The molecule has 3 rings (SSSR count). The molecule has 2 fully saturated rings. The van der Waals surface area contributed by atoms with E-state index in [1.165, 1.54) is 6.42 Å². The molecule has 2 aliphatic heterocycles. The largest absolute Gasteiger partial charge is 0.335 e. The molecule has 3 heterocycles. The minimum absolute atomic E-state index is 0.0574. The van der Waals surface area contributed by atoms with Crippen LogP contribution in [0, 0.1) is 13.8 Å². The fraction of sp³-hybridized carbons (Fsp3) is 0.800. The Morgan fingerprint density at radius 2 is 2.00 bits per heavy atom. The zero-order chi connectivity index (χ0) is 20.5. The molecular weight excluding hydrogens is 376 g/mol. The first-order valence-corrected chi connectivity index (χ1v) is 12.4. The molecule has 0 spiro atoms. The van der Waals surface area contributed by atoms with Crippen molar-refractivity contribution in [1.29, 1.82) is 0 Å². The molecule has 2 saturated heterocycles. The second kappa shape index (κ2) is 8.53. The highest BCUT2D eigenvalue weighted by Crippen LogP contribution is 2.26. The summed E-state index contributed by atoms with van der Waals surface area (Å²) < 4.78 is 25.6. The van der Waals surface area contributed by atoms with Crippen LogP contribution in [0.5, 0.6) is 0 Å². The normalized spacial score (nSPS) is 25.8. The van der Waals surface area contributed by atoms with Gasteiger partial charge in [0.1, 0.15) is 6.54 Å². The standard InChI is InChI=1S/C20H34N4O3S/c1-5-17-8-6-7-10-23(17)20(25)13-22(4)12-19-15(2)21-24(16(19)3)18-9-11-28(26,27)14-18/h17-18H,5-14H2,1-4H3/p+1/t17-,18+/m0/s1. The van der Waals surface area contributed by atoms with E-state index in [0.717, 1.165) is 54.2 Å². The van der Waals surface area contributed by atoms with Crippen molar-refractivity contribution >= 4 is 15.7 Å². The Hall–Kier alpha value is -1.41. The van der Waals surface area contributed by atoms with Gasteiger partial charge in [0.15, 0.2) is 16.4 Å². The number of aromatic nitrogens is 2. The second-order valence-corrected chi connectivity index (χ2v) is 10.8. The highest BCUT2D eigenvalue weighted by molar-refractivity contribution is 7.91. The van der Waals surface area contributed by atoms with Crippen molar-refractivity contribution < 1.29 is 18.1 Å². The molecule has 3 atom stereocenters. The Kier molecular flexibility index (Phi) is 6.49. The molecule has 28 heavy (non-hydrogen) atoms. The maximum absolute atomic E-state index is 12.8. The molecule has 1 N–H and O–H groups in total. The monoisotopic (exact) mass is 411 g/mol. The van der Waals surface area contributed by atoms with E-state index in [1.807, 2.05) is 18.5 Å². The number of carbonyl (C=O) groups is 1. The van der Waals surface area contributed by atoms with E-state index < -0.39 is 9.84 Å². The lowest BCUT2D eigenvalue weighted by atomic mass is 10.00. The van der Waals surface area contributed by atoms with Crippen LogP contribution in [0.25, 0.3) is 0 Å². The molecule has 0 radical (unpaired) electrons. The lowest BCUT2D eigenvalue weighted by Crippen LogP contribution is -3.09. The summed E-state index contributed by atoms with van der Waals surface area (Å²) in [7, 11) is -0.885. The summed E-state index contributed by atoms with van der Waals surface area (Å²) in [5.74, 6) is 0.677. The van der Waals surface area contributed by atoms with Crippen molar-refractivity contribution in [3.05, 3.63) is 17.0 Å². The van der Waals surface area contributed by atoms with Gasteiger partial charge in [0.25, 0.3) is 5.91 Å². The molecule has 1 aromatic rings. The Bertz CT molecular complexity index is 818. The van der Waals surface area contributed by atoms with Gasteiger partial charge in [-0.2, -0.15) is 5.10 Å². The third-order valence-corrected chi connectivity index (χ3v) is 8.13. The number of likely N-dealkylation sites (tertiary alicyclic amines) is 1. The van der Waals surface area contributed by atoms with Gasteiger partial charge in [0.2, 0.25) is 0 Å². The molecule has 0 bridgehead atoms. The maximum Gasteiger partial charge on any atom is 0.278 e. The smallest absolute Gasteiger partial charge is 0.278 e. The molecule has 1 aromatic heterocycles. The summed E-state index contributed by atoms with van der Waals surface area (Å²) in [4.78, 5) is 16.1. The second-order valence-electron chi connectivity index (χ2n) is 8.61. The van der Waals surface area contributed by atoms with Gasteiger partial charge >= 0.3 is 0 Å². The van der Waals surface area contributed by atoms with Crippen LogP contribution in [0.2, 0.25) is 0 Å². The van der Waals surface area contributed by atoms with Gasteiger partial charge in [0, 0.05) is 18.3 Å². The molecule has 158 valence electrons. The number of hydrogen-bond donors (Lipinski definition) is 1. The summed E-state index contributed by atoms with van der Waals surface area (Å²) in [5, 5.41) is 4.65. The fourth-order valence-electron chi connectivity index (χ4n) is 4.75. The number of hydrogen-bond acceptors (Lipinski definition) is 4. The van der Waals surface area contributed by atoms with E-state index in [-0.39, 0.29) is 23.5 Å². The first-order valence-electron chi connectivity index (χ1n) is 10.6. The third kappa shape index (κ3) is 4.59. The summed E-state index contributed by atoms with van der Waals surface area (Å²) in [5.41, 5.74) is 3.12. The van der Waals surface area contributed by atoms with E-state index in [9.17, 15) is 13.2 Å². The molecule has 0 aromatic carbocycles. The maximum atomic E-state index is 12.8. The predicted molar refractivity (Wildman–Crippen MR) is 109 cm³/mol. The van der Waals surface area contributed by atoms with Crippen molar-refractivity contribution in [3.63, 3.8) is 0 Å². The summed E-state index contributed by atoms with van der Waals surface area (Å²) >= 11 is 0. The molecule has 8 heteroatoms. The number of carbonyl (C=O) groups excluding carboxylic acids is 1. The highest BCUT2D eigenvalue weighted by atomic mass is 32.2. The SMILES string of the molecule is CC[C@H]1CCCCN1C(=O)C[NH+](C)Cc1c(C)nn([C@@H]2CCS(=O)(=O)C2)c1C. The molecule has 1 unspecified atom stereocenters. The van der Waals surface area contributed by atoms with Gasteiger partial charge in [-0.15, -0.1) is 0 Å². The molecule has 1 amide bonds. The minimum atomic E-state index is -2.94. The van der Waals surface area contributed by atoms with Crippen molar-refractivity contribution in [1.82, 2.24) is 14.7 Å². The van der Waals surface area contributed by atoms with Crippen LogP contribution in [0.3, 0.4) is 0 Å². The van der Waals surface area contributed by atoms with Crippen LogP contribution in [-0.2, 0) is 21.2 Å². The van der Waals surface area contributed by atoms with E-state index in [4.69, 9.17) is 0 Å². The van der Waals surface area contributed by atoms with Crippen LogP contribution in [-0.4, -0.2) is 66.7 Å². The fourth-order valence-corrected chi connectivity index (χ4v) is 6.45. The van der Waals surface area contributed by atoms with Crippen LogP contribution < -0.4 is 4.90 Å². The topological polar surface area (TPSA) is 76.7 Å². The number of rotatable bonds is 6. The average molecular weight is 412 g/mol. The number of aryl methyl sites for hydroxylation is 1. The molecule has 0 aliphatic carbocycles. The quantitative estimate of drug-likeness (QED) is 0.746. The highest BCUT2D eigenvalue weighted by Gasteiger charge is 2.32. The van der Waals surface area contributed by atoms with E-state index in [0.29, 0.717) is 19.0 Å². The lowest BCUT2D eigenvalue weighted by molar-refractivity contribution is -0.885. The van der Waals surface area contributed by atoms with E-state index in [2.05, 4.69) is 24.0 Å². The van der Waals surface area contributed by atoms with Gasteiger partial charge in [-0.1, -0.05) is 6.92 Å². The van der Waals surface area contributed by atoms with Crippen molar-refractivity contribution in [2.45, 2.75) is 71.5 Å². The molecule has 0 saturated carbocycles. The number of sulfone groups is 1. The van der Waals surface area contributed by atoms with Gasteiger partial charge in [-0.25, -0.2) is 8.42 Å². The van der Waals surface area contributed by atoms with Crippen molar-refractivity contribution in [2.75, 3.05) is 31.6 Å². The molecule has 7 nitrogen and oxygen atoms in total. The van der Waals surface area contributed by atoms with Crippen LogP contribution in [0.15, 0.2) is 0 Å². The zero-order valence-corrected chi connectivity index (χ0v) is 18.5.